The quantitative estimate of drug-likeness (QED) is 0.781. The summed E-state index contributed by atoms with van der Waals surface area (Å²) in [5, 5.41) is 2.89. The number of sulfonamides is 1. The number of anilines is 1. The van der Waals surface area contributed by atoms with Crippen LogP contribution in [0.1, 0.15) is 18.4 Å². The van der Waals surface area contributed by atoms with Crippen LogP contribution in [0, 0.1) is 12.8 Å². The summed E-state index contributed by atoms with van der Waals surface area (Å²) in [5.74, 6) is -0.468. The van der Waals surface area contributed by atoms with E-state index in [0.717, 1.165) is 15.0 Å². The van der Waals surface area contributed by atoms with E-state index >= 15 is 0 Å². The summed E-state index contributed by atoms with van der Waals surface area (Å²) in [6.07, 6.45) is 1.37. The first-order valence-electron chi connectivity index (χ1n) is 7.99. The molecule has 1 atom stereocenters. The first-order valence-corrected chi connectivity index (χ1v) is 11.0. The minimum Gasteiger partial charge on any atom is -0.326 e. The normalized spacial score (nSPS) is 18.9. The predicted octanol–water partition coefficient (Wildman–Crippen LogP) is 3.86. The van der Waals surface area contributed by atoms with E-state index in [9.17, 15) is 13.2 Å². The molecule has 2 heterocycles. The number of amides is 1. The highest BCUT2D eigenvalue weighted by atomic mass is 79.9. The van der Waals surface area contributed by atoms with E-state index in [4.69, 9.17) is 0 Å². The molecule has 1 N–H and O–H groups in total. The van der Waals surface area contributed by atoms with Crippen molar-refractivity contribution in [2.24, 2.45) is 5.92 Å². The summed E-state index contributed by atoms with van der Waals surface area (Å²) in [7, 11) is -3.54. The van der Waals surface area contributed by atoms with Crippen LogP contribution < -0.4 is 5.32 Å². The molecule has 1 unspecified atom stereocenters. The van der Waals surface area contributed by atoms with Crippen LogP contribution in [0.4, 0.5) is 5.69 Å². The molecule has 1 aromatic carbocycles. The van der Waals surface area contributed by atoms with Crippen molar-refractivity contribution >= 4 is 48.9 Å². The SMILES string of the molecule is Cc1ccc(NC(=O)C2CCCN(S(=O)(=O)c3ccc(Br)s3)C2)cc1. The zero-order chi connectivity index (χ0) is 18.0. The monoisotopic (exact) mass is 442 g/mol. The first kappa shape index (κ1) is 18.6. The van der Waals surface area contributed by atoms with Gasteiger partial charge in [0.25, 0.3) is 10.0 Å². The van der Waals surface area contributed by atoms with Crippen LogP contribution in [0.5, 0.6) is 0 Å². The minimum atomic E-state index is -3.54. The number of aryl methyl sites for hydroxylation is 1. The van der Waals surface area contributed by atoms with E-state index in [1.807, 2.05) is 31.2 Å². The Labute approximate surface area is 160 Å². The van der Waals surface area contributed by atoms with Gasteiger partial charge >= 0.3 is 0 Å². The average molecular weight is 443 g/mol. The van der Waals surface area contributed by atoms with Gasteiger partial charge in [0.05, 0.1) is 9.70 Å². The third kappa shape index (κ3) is 4.31. The van der Waals surface area contributed by atoms with Gasteiger partial charge in [0.1, 0.15) is 4.21 Å². The second kappa shape index (κ2) is 7.57. The fourth-order valence-electron chi connectivity index (χ4n) is 2.82. The van der Waals surface area contributed by atoms with Gasteiger partial charge in [-0.2, -0.15) is 4.31 Å². The number of nitrogens with one attached hydrogen (secondary N) is 1. The zero-order valence-corrected chi connectivity index (χ0v) is 17.0. The van der Waals surface area contributed by atoms with E-state index in [0.29, 0.717) is 23.6 Å². The van der Waals surface area contributed by atoms with Crippen LogP contribution in [0.15, 0.2) is 44.4 Å². The fourth-order valence-corrected chi connectivity index (χ4v) is 6.51. The zero-order valence-electron chi connectivity index (χ0n) is 13.7. The van der Waals surface area contributed by atoms with Gasteiger partial charge in [0.2, 0.25) is 5.91 Å². The number of nitrogens with zero attached hydrogens (tertiary/aromatic N) is 1. The van der Waals surface area contributed by atoms with E-state index in [-0.39, 0.29) is 18.4 Å². The summed E-state index contributed by atoms with van der Waals surface area (Å²) >= 11 is 4.49. The molecule has 1 aromatic heterocycles. The van der Waals surface area contributed by atoms with Gasteiger partial charge in [-0.25, -0.2) is 8.42 Å². The largest absolute Gasteiger partial charge is 0.326 e. The Morgan fingerprint density at radius 1 is 1.24 bits per heavy atom. The number of carbonyl (C=O) groups excluding carboxylic acids is 1. The van der Waals surface area contributed by atoms with Gasteiger partial charge in [0.15, 0.2) is 0 Å². The lowest BCUT2D eigenvalue weighted by Gasteiger charge is -2.30. The molecule has 1 aliphatic heterocycles. The summed E-state index contributed by atoms with van der Waals surface area (Å²) in [5.41, 5.74) is 1.85. The van der Waals surface area contributed by atoms with Gasteiger partial charge < -0.3 is 5.32 Å². The molecule has 25 heavy (non-hydrogen) atoms. The topological polar surface area (TPSA) is 66.5 Å². The van der Waals surface area contributed by atoms with Crippen LogP contribution in [0.3, 0.4) is 0 Å². The van der Waals surface area contributed by atoms with Crippen LogP contribution in [0.25, 0.3) is 0 Å². The molecule has 3 rings (SSSR count). The third-order valence-corrected chi connectivity index (χ3v) is 8.17. The molecule has 1 aliphatic rings. The Hall–Kier alpha value is -1.22. The maximum absolute atomic E-state index is 12.7. The Morgan fingerprint density at radius 2 is 1.96 bits per heavy atom. The number of thiophene rings is 1. The summed E-state index contributed by atoms with van der Waals surface area (Å²) in [4.78, 5) is 12.5. The molecular weight excluding hydrogens is 424 g/mol. The van der Waals surface area contributed by atoms with Crippen molar-refractivity contribution in [2.75, 3.05) is 18.4 Å². The number of benzene rings is 1. The predicted molar refractivity (Wildman–Crippen MR) is 103 cm³/mol. The lowest BCUT2D eigenvalue weighted by atomic mass is 9.98. The van der Waals surface area contributed by atoms with E-state index < -0.39 is 10.0 Å². The number of rotatable bonds is 4. The van der Waals surface area contributed by atoms with Gasteiger partial charge in [0, 0.05) is 18.8 Å². The number of piperidine rings is 1. The highest BCUT2D eigenvalue weighted by molar-refractivity contribution is 9.11. The molecule has 1 fully saturated rings. The van der Waals surface area contributed by atoms with Crippen molar-refractivity contribution in [1.82, 2.24) is 4.31 Å². The molecule has 1 saturated heterocycles. The van der Waals surface area contributed by atoms with Crippen molar-refractivity contribution in [1.29, 1.82) is 0 Å². The van der Waals surface area contributed by atoms with Crippen LogP contribution >= 0.6 is 27.3 Å². The lowest BCUT2D eigenvalue weighted by Crippen LogP contribution is -2.43. The van der Waals surface area contributed by atoms with Crippen LogP contribution in [-0.2, 0) is 14.8 Å². The summed E-state index contributed by atoms with van der Waals surface area (Å²) in [6.45, 7) is 2.65. The molecule has 0 aliphatic carbocycles. The fraction of sp³-hybridized carbons (Fsp3) is 0.353. The third-order valence-electron chi connectivity index (χ3n) is 4.22. The van der Waals surface area contributed by atoms with Gasteiger partial charge in [-0.3, -0.25) is 4.79 Å². The number of hydrogen-bond donors (Lipinski definition) is 1. The van der Waals surface area contributed by atoms with Crippen LogP contribution in [0.2, 0.25) is 0 Å². The van der Waals surface area contributed by atoms with E-state index in [1.165, 1.54) is 15.6 Å². The highest BCUT2D eigenvalue weighted by Crippen LogP contribution is 2.31. The lowest BCUT2D eigenvalue weighted by molar-refractivity contribution is -0.120. The second-order valence-corrected chi connectivity index (χ2v) is 10.7. The molecule has 1 amide bonds. The molecule has 2 aromatic rings. The molecule has 0 bridgehead atoms. The average Bonchev–Trinajstić information content (AvgIpc) is 3.04. The number of halogens is 1. The molecule has 0 saturated carbocycles. The van der Waals surface area contributed by atoms with E-state index in [1.54, 1.807) is 12.1 Å². The second-order valence-electron chi connectivity index (χ2n) is 6.12. The number of hydrogen-bond acceptors (Lipinski definition) is 4. The maximum atomic E-state index is 12.7. The summed E-state index contributed by atoms with van der Waals surface area (Å²) in [6, 6.07) is 10.9. The van der Waals surface area contributed by atoms with Crippen molar-refractivity contribution in [3.05, 3.63) is 45.7 Å². The smallest absolute Gasteiger partial charge is 0.252 e. The van der Waals surface area contributed by atoms with Crippen molar-refractivity contribution in [3.63, 3.8) is 0 Å². The van der Waals surface area contributed by atoms with Gasteiger partial charge in [-0.05, 0) is 60.0 Å². The van der Waals surface area contributed by atoms with Crippen molar-refractivity contribution in [2.45, 2.75) is 24.0 Å². The summed E-state index contributed by atoms with van der Waals surface area (Å²) < 4.78 is 28.0. The molecular formula is C17H19BrN2O3S2. The standard InChI is InChI=1S/C17H19BrN2O3S2/c1-12-4-6-14(7-5-12)19-17(21)13-3-2-10-20(11-13)25(22,23)16-9-8-15(18)24-16/h4-9,13H,2-3,10-11H2,1H3,(H,19,21). The van der Waals surface area contributed by atoms with E-state index in [2.05, 4.69) is 21.2 Å². The van der Waals surface area contributed by atoms with Crippen molar-refractivity contribution in [3.8, 4) is 0 Å². The highest BCUT2D eigenvalue weighted by Gasteiger charge is 2.34. The van der Waals surface area contributed by atoms with Gasteiger partial charge in [-0.1, -0.05) is 17.7 Å². The Bertz CT molecular complexity index is 862. The number of carbonyl (C=O) groups is 1. The molecule has 0 spiro atoms. The van der Waals surface area contributed by atoms with Crippen LogP contribution in [-0.4, -0.2) is 31.7 Å². The van der Waals surface area contributed by atoms with Gasteiger partial charge in [-0.15, -0.1) is 11.3 Å². The molecule has 8 heteroatoms. The Kier molecular flexibility index (Phi) is 5.62. The van der Waals surface area contributed by atoms with Crippen molar-refractivity contribution < 1.29 is 13.2 Å². The maximum Gasteiger partial charge on any atom is 0.252 e. The Balaban J connectivity index is 1.70. The molecule has 5 nitrogen and oxygen atoms in total. The first-order chi connectivity index (χ1) is 11.9. The minimum absolute atomic E-state index is 0.129. The Morgan fingerprint density at radius 3 is 2.60 bits per heavy atom. The molecule has 134 valence electrons. The molecule has 0 radical (unpaired) electrons.